The van der Waals surface area contributed by atoms with Crippen LogP contribution >= 0.6 is 12.6 Å². The molecule has 0 aliphatic heterocycles. The number of hydrogen-bond donors (Lipinski definition) is 3. The second-order valence-corrected chi connectivity index (χ2v) is 3.49. The minimum Gasteiger partial charge on any atom is -0.370 e. The molecule has 0 saturated heterocycles. The second kappa shape index (κ2) is 4.35. The maximum absolute atomic E-state index is 4.24. The first-order valence-electron chi connectivity index (χ1n) is 4.74. The molecule has 4 nitrogen and oxygen atoms in total. The molecule has 0 unspecified atom stereocenters. The van der Waals surface area contributed by atoms with Gasteiger partial charge in [-0.15, -0.1) is 12.6 Å². The molecule has 0 saturated carbocycles. The molecular weight excluding hydrogens is 208 g/mol. The van der Waals surface area contributed by atoms with Crippen LogP contribution in [0.5, 0.6) is 0 Å². The summed E-state index contributed by atoms with van der Waals surface area (Å²) in [5, 5.41) is 3.77. The molecule has 2 rings (SSSR count). The number of pyridine rings is 1. The fourth-order valence-electron chi connectivity index (χ4n) is 1.33. The van der Waals surface area contributed by atoms with Gasteiger partial charge in [0, 0.05) is 24.5 Å². The molecule has 2 N–H and O–H groups in total. The number of aromatic amines is 1. The van der Waals surface area contributed by atoms with E-state index in [-0.39, 0.29) is 0 Å². The highest BCUT2D eigenvalue weighted by Crippen LogP contribution is 2.19. The van der Waals surface area contributed by atoms with Crippen molar-refractivity contribution >= 4 is 18.4 Å². The van der Waals surface area contributed by atoms with Crippen molar-refractivity contribution in [2.75, 3.05) is 11.9 Å². The predicted octanol–water partition coefficient (Wildman–Crippen LogP) is 2.19. The van der Waals surface area contributed by atoms with Crippen LogP contribution in [-0.4, -0.2) is 21.5 Å². The third kappa shape index (κ3) is 2.30. The normalized spacial score (nSPS) is 10.3. The molecular formula is C10H12N4S. The lowest BCUT2D eigenvalue weighted by Crippen LogP contribution is -1.98. The van der Waals surface area contributed by atoms with E-state index < -0.39 is 0 Å². The van der Waals surface area contributed by atoms with Crippen LogP contribution in [0.4, 0.5) is 5.82 Å². The van der Waals surface area contributed by atoms with Crippen LogP contribution in [0.2, 0.25) is 0 Å². The topological polar surface area (TPSA) is 53.6 Å². The van der Waals surface area contributed by atoms with E-state index in [9.17, 15) is 0 Å². The smallest absolute Gasteiger partial charge is 0.162 e. The number of thiol groups is 1. The molecule has 2 heterocycles. The quantitative estimate of drug-likeness (QED) is 0.695. The number of hydrogen-bond acceptors (Lipinski definition) is 4. The highest BCUT2D eigenvalue weighted by molar-refractivity contribution is 7.80. The van der Waals surface area contributed by atoms with Gasteiger partial charge in [-0.3, -0.25) is 0 Å². The highest BCUT2D eigenvalue weighted by Gasteiger charge is 2.02. The Morgan fingerprint density at radius 1 is 1.53 bits per heavy atom. The number of rotatable bonds is 3. The van der Waals surface area contributed by atoms with Crippen LogP contribution in [0.3, 0.4) is 0 Å². The number of H-pyrrole nitrogens is 1. The van der Waals surface area contributed by atoms with E-state index in [0.717, 1.165) is 23.6 Å². The van der Waals surface area contributed by atoms with Gasteiger partial charge in [0.1, 0.15) is 5.82 Å². The molecule has 0 bridgehead atoms. The Bertz CT molecular complexity index is 452. The van der Waals surface area contributed by atoms with Crippen LogP contribution in [0, 0.1) is 0 Å². The third-order valence-corrected chi connectivity index (χ3v) is 2.21. The fraction of sp³-hybridized carbons (Fsp3) is 0.200. The Hall–Kier alpha value is -1.49. The molecule has 0 atom stereocenters. The molecule has 78 valence electrons. The van der Waals surface area contributed by atoms with Crippen LogP contribution in [0.15, 0.2) is 29.7 Å². The molecule has 5 heteroatoms. The molecule has 0 aromatic carbocycles. The lowest BCUT2D eigenvalue weighted by Gasteiger charge is -2.02. The molecule has 0 amide bonds. The molecule has 0 aliphatic carbocycles. The highest BCUT2D eigenvalue weighted by atomic mass is 32.1. The van der Waals surface area contributed by atoms with E-state index in [0.29, 0.717) is 5.16 Å². The Morgan fingerprint density at radius 3 is 3.07 bits per heavy atom. The van der Waals surface area contributed by atoms with Gasteiger partial charge in [0.2, 0.25) is 0 Å². The number of nitrogens with one attached hydrogen (secondary N) is 2. The summed E-state index contributed by atoms with van der Waals surface area (Å²) in [7, 11) is 0. The zero-order chi connectivity index (χ0) is 10.7. The summed E-state index contributed by atoms with van der Waals surface area (Å²) in [6.07, 6.45) is 3.59. The lowest BCUT2D eigenvalue weighted by atomic mass is 10.2. The number of anilines is 1. The van der Waals surface area contributed by atoms with E-state index in [4.69, 9.17) is 0 Å². The van der Waals surface area contributed by atoms with Crippen molar-refractivity contribution in [2.24, 2.45) is 0 Å². The summed E-state index contributed by atoms with van der Waals surface area (Å²) in [6, 6.07) is 3.89. The zero-order valence-electron chi connectivity index (χ0n) is 8.36. The number of imidazole rings is 1. The summed E-state index contributed by atoms with van der Waals surface area (Å²) in [5.41, 5.74) is 1.90. The largest absolute Gasteiger partial charge is 0.370 e. The maximum atomic E-state index is 4.24. The van der Waals surface area contributed by atoms with Gasteiger partial charge in [-0.1, -0.05) is 0 Å². The summed E-state index contributed by atoms with van der Waals surface area (Å²) < 4.78 is 0. The fourth-order valence-corrected chi connectivity index (χ4v) is 1.50. The summed E-state index contributed by atoms with van der Waals surface area (Å²) in [5.74, 6) is 0.860. The van der Waals surface area contributed by atoms with E-state index in [1.807, 2.05) is 25.3 Å². The monoisotopic (exact) mass is 220 g/mol. The molecule has 2 aromatic rings. The van der Waals surface area contributed by atoms with Crippen molar-refractivity contribution in [3.05, 3.63) is 24.5 Å². The first-order valence-corrected chi connectivity index (χ1v) is 5.19. The van der Waals surface area contributed by atoms with Crippen LogP contribution in [-0.2, 0) is 0 Å². The van der Waals surface area contributed by atoms with Crippen molar-refractivity contribution < 1.29 is 0 Å². The first kappa shape index (κ1) is 10.0. The summed E-state index contributed by atoms with van der Waals surface area (Å²) >= 11 is 4.12. The zero-order valence-corrected chi connectivity index (χ0v) is 9.25. The Kier molecular flexibility index (Phi) is 2.91. The van der Waals surface area contributed by atoms with Crippen LogP contribution < -0.4 is 5.32 Å². The average molecular weight is 220 g/mol. The van der Waals surface area contributed by atoms with Gasteiger partial charge < -0.3 is 10.3 Å². The molecule has 0 fully saturated rings. The Morgan fingerprint density at radius 2 is 2.40 bits per heavy atom. The van der Waals surface area contributed by atoms with Crippen molar-refractivity contribution in [1.82, 2.24) is 15.0 Å². The SMILES string of the molecule is CCNc1cc(-c2c[nH]c(S)n2)ccn1. The predicted molar refractivity (Wildman–Crippen MR) is 63.2 cm³/mol. The van der Waals surface area contributed by atoms with Gasteiger partial charge in [-0.25, -0.2) is 9.97 Å². The second-order valence-electron chi connectivity index (χ2n) is 3.07. The maximum Gasteiger partial charge on any atom is 0.162 e. The summed E-state index contributed by atoms with van der Waals surface area (Å²) in [4.78, 5) is 11.4. The van der Waals surface area contributed by atoms with Crippen molar-refractivity contribution in [2.45, 2.75) is 12.1 Å². The summed E-state index contributed by atoms with van der Waals surface area (Å²) in [6.45, 7) is 2.89. The van der Waals surface area contributed by atoms with Gasteiger partial charge in [0.05, 0.1) is 5.69 Å². The van der Waals surface area contributed by atoms with E-state index in [1.165, 1.54) is 0 Å². The van der Waals surface area contributed by atoms with Crippen molar-refractivity contribution in [3.8, 4) is 11.3 Å². The standard InChI is InChI=1S/C10H12N4S/c1-2-11-9-5-7(3-4-12-9)8-6-13-10(15)14-8/h3-6H,2H2,1H3,(H,11,12)(H2,13,14,15). The van der Waals surface area contributed by atoms with Crippen molar-refractivity contribution in [3.63, 3.8) is 0 Å². The van der Waals surface area contributed by atoms with Gasteiger partial charge in [-0.05, 0) is 19.1 Å². The molecule has 0 radical (unpaired) electrons. The molecule has 15 heavy (non-hydrogen) atoms. The minimum absolute atomic E-state index is 0.617. The number of nitrogens with zero attached hydrogens (tertiary/aromatic N) is 2. The van der Waals surface area contributed by atoms with Gasteiger partial charge in [0.15, 0.2) is 5.16 Å². The van der Waals surface area contributed by atoms with E-state index >= 15 is 0 Å². The molecule has 0 spiro atoms. The average Bonchev–Trinajstić information content (AvgIpc) is 2.66. The molecule has 2 aromatic heterocycles. The van der Waals surface area contributed by atoms with Crippen LogP contribution in [0.25, 0.3) is 11.3 Å². The minimum atomic E-state index is 0.617. The lowest BCUT2D eigenvalue weighted by molar-refractivity contribution is 1.07. The Labute approximate surface area is 93.6 Å². The van der Waals surface area contributed by atoms with E-state index in [1.54, 1.807) is 6.20 Å². The van der Waals surface area contributed by atoms with Crippen molar-refractivity contribution in [1.29, 1.82) is 0 Å². The van der Waals surface area contributed by atoms with Gasteiger partial charge in [-0.2, -0.15) is 0 Å². The van der Waals surface area contributed by atoms with Crippen LogP contribution in [0.1, 0.15) is 6.92 Å². The van der Waals surface area contributed by atoms with Gasteiger partial charge >= 0.3 is 0 Å². The Balaban J connectivity index is 2.32. The molecule has 0 aliphatic rings. The first-order chi connectivity index (χ1) is 7.29. The number of aromatic nitrogens is 3. The third-order valence-electron chi connectivity index (χ3n) is 1.98. The van der Waals surface area contributed by atoms with E-state index in [2.05, 4.69) is 32.9 Å². The van der Waals surface area contributed by atoms with Gasteiger partial charge in [0.25, 0.3) is 0 Å².